The molecule has 0 atom stereocenters. The van der Waals surface area contributed by atoms with Gasteiger partial charge in [-0.3, -0.25) is 0 Å². The predicted molar refractivity (Wildman–Crippen MR) is 77.7 cm³/mol. The molecule has 0 aromatic heterocycles. The van der Waals surface area contributed by atoms with Gasteiger partial charge in [-0.05, 0) is 42.0 Å². The van der Waals surface area contributed by atoms with Crippen LogP contribution < -0.4 is 19.1 Å². The number of ether oxygens (including phenoxy) is 3. The Labute approximate surface area is 118 Å². The zero-order chi connectivity index (χ0) is 13.9. The van der Waals surface area contributed by atoms with Gasteiger partial charge in [0.1, 0.15) is 5.75 Å². The standard InChI is InChI=1S/C16H17NO3/c1-17(13-4-6-14(18-2)7-5-13)10-12-3-8-15-16(9-12)20-11-19-15/h3-9H,10-11H2,1-2H3. The van der Waals surface area contributed by atoms with Crippen LogP contribution in [0.4, 0.5) is 5.69 Å². The van der Waals surface area contributed by atoms with E-state index in [1.165, 1.54) is 5.56 Å². The van der Waals surface area contributed by atoms with Crippen LogP contribution in [0, 0.1) is 0 Å². The summed E-state index contributed by atoms with van der Waals surface area (Å²) >= 11 is 0. The molecule has 0 unspecified atom stereocenters. The maximum Gasteiger partial charge on any atom is 0.231 e. The summed E-state index contributed by atoms with van der Waals surface area (Å²) in [7, 11) is 3.73. The van der Waals surface area contributed by atoms with Crippen LogP contribution in [0.25, 0.3) is 0 Å². The van der Waals surface area contributed by atoms with Crippen LogP contribution in [0.15, 0.2) is 42.5 Å². The number of nitrogens with zero attached hydrogens (tertiary/aromatic N) is 1. The van der Waals surface area contributed by atoms with Crippen LogP contribution in [-0.2, 0) is 6.54 Å². The van der Waals surface area contributed by atoms with Crippen LogP contribution in [0.5, 0.6) is 17.2 Å². The Bertz CT molecular complexity index is 595. The van der Waals surface area contributed by atoms with Crippen molar-refractivity contribution in [2.24, 2.45) is 0 Å². The molecule has 1 aliphatic rings. The maximum atomic E-state index is 5.40. The van der Waals surface area contributed by atoms with E-state index in [2.05, 4.69) is 18.0 Å². The summed E-state index contributed by atoms with van der Waals surface area (Å²) in [4.78, 5) is 2.18. The lowest BCUT2D eigenvalue weighted by molar-refractivity contribution is 0.174. The van der Waals surface area contributed by atoms with Gasteiger partial charge in [-0.2, -0.15) is 0 Å². The van der Waals surface area contributed by atoms with Crippen molar-refractivity contribution in [3.8, 4) is 17.2 Å². The first-order valence-corrected chi connectivity index (χ1v) is 6.50. The summed E-state index contributed by atoms with van der Waals surface area (Å²) in [5.74, 6) is 2.51. The lowest BCUT2D eigenvalue weighted by Gasteiger charge is -2.19. The molecule has 1 aliphatic heterocycles. The third-order valence-corrected chi connectivity index (χ3v) is 3.37. The molecule has 2 aromatic rings. The van der Waals surface area contributed by atoms with E-state index >= 15 is 0 Å². The summed E-state index contributed by atoms with van der Waals surface area (Å²) in [6, 6.07) is 14.1. The molecule has 1 heterocycles. The Hall–Kier alpha value is -2.36. The van der Waals surface area contributed by atoms with E-state index in [1.54, 1.807) is 7.11 Å². The zero-order valence-corrected chi connectivity index (χ0v) is 11.6. The molecule has 4 heteroatoms. The normalized spacial score (nSPS) is 12.3. The maximum absolute atomic E-state index is 5.40. The van der Waals surface area contributed by atoms with E-state index in [4.69, 9.17) is 14.2 Å². The topological polar surface area (TPSA) is 30.9 Å². The Balaban J connectivity index is 1.73. The van der Waals surface area contributed by atoms with Crippen molar-refractivity contribution in [1.82, 2.24) is 0 Å². The number of anilines is 1. The molecule has 0 bridgehead atoms. The van der Waals surface area contributed by atoms with Crippen molar-refractivity contribution < 1.29 is 14.2 Å². The van der Waals surface area contributed by atoms with Gasteiger partial charge >= 0.3 is 0 Å². The Morgan fingerprint density at radius 3 is 2.55 bits per heavy atom. The highest BCUT2D eigenvalue weighted by Gasteiger charge is 2.13. The molecule has 0 fully saturated rings. The fourth-order valence-electron chi connectivity index (χ4n) is 2.24. The molecule has 0 aliphatic carbocycles. The highest BCUT2D eigenvalue weighted by molar-refractivity contribution is 5.50. The number of hydrogen-bond donors (Lipinski definition) is 0. The predicted octanol–water partition coefficient (Wildman–Crippen LogP) is 3.06. The summed E-state index contributed by atoms with van der Waals surface area (Å²) in [5, 5.41) is 0. The van der Waals surface area contributed by atoms with Gasteiger partial charge in [-0.15, -0.1) is 0 Å². The third kappa shape index (κ3) is 2.50. The fourth-order valence-corrected chi connectivity index (χ4v) is 2.24. The average Bonchev–Trinajstić information content (AvgIpc) is 2.95. The van der Waals surface area contributed by atoms with Crippen molar-refractivity contribution in [2.75, 3.05) is 25.9 Å². The van der Waals surface area contributed by atoms with Crippen molar-refractivity contribution in [1.29, 1.82) is 0 Å². The first-order valence-electron chi connectivity index (χ1n) is 6.50. The summed E-state index contributed by atoms with van der Waals surface area (Å²) in [5.41, 5.74) is 2.33. The lowest BCUT2D eigenvalue weighted by Crippen LogP contribution is -2.16. The van der Waals surface area contributed by atoms with E-state index in [0.29, 0.717) is 6.79 Å². The molecule has 0 saturated heterocycles. The van der Waals surface area contributed by atoms with Crippen molar-refractivity contribution in [3.63, 3.8) is 0 Å². The minimum atomic E-state index is 0.313. The van der Waals surface area contributed by atoms with E-state index in [0.717, 1.165) is 29.5 Å². The number of hydrogen-bond acceptors (Lipinski definition) is 4. The van der Waals surface area contributed by atoms with Crippen molar-refractivity contribution >= 4 is 5.69 Å². The number of fused-ring (bicyclic) bond motifs is 1. The van der Waals surface area contributed by atoms with Gasteiger partial charge in [0.25, 0.3) is 0 Å². The minimum Gasteiger partial charge on any atom is -0.497 e. The molecular formula is C16H17NO3. The Morgan fingerprint density at radius 2 is 1.80 bits per heavy atom. The molecule has 0 N–H and O–H groups in total. The molecule has 2 aromatic carbocycles. The summed E-state index contributed by atoms with van der Waals surface area (Å²) < 4.78 is 15.9. The summed E-state index contributed by atoms with van der Waals surface area (Å²) in [6.07, 6.45) is 0. The minimum absolute atomic E-state index is 0.313. The second-order valence-electron chi connectivity index (χ2n) is 4.74. The van der Waals surface area contributed by atoms with Gasteiger partial charge in [-0.25, -0.2) is 0 Å². The van der Waals surface area contributed by atoms with Gasteiger partial charge in [0.2, 0.25) is 6.79 Å². The third-order valence-electron chi connectivity index (χ3n) is 3.37. The van der Waals surface area contributed by atoms with Gasteiger partial charge in [0, 0.05) is 19.3 Å². The Morgan fingerprint density at radius 1 is 1.05 bits per heavy atom. The van der Waals surface area contributed by atoms with Gasteiger partial charge in [-0.1, -0.05) is 6.07 Å². The van der Waals surface area contributed by atoms with E-state index < -0.39 is 0 Å². The number of benzene rings is 2. The Kier molecular flexibility index (Phi) is 3.37. The van der Waals surface area contributed by atoms with Crippen molar-refractivity contribution in [3.05, 3.63) is 48.0 Å². The highest BCUT2D eigenvalue weighted by Crippen LogP contribution is 2.33. The van der Waals surface area contributed by atoms with E-state index in [9.17, 15) is 0 Å². The van der Waals surface area contributed by atoms with Crippen LogP contribution in [0.3, 0.4) is 0 Å². The molecule has 0 saturated carbocycles. The smallest absolute Gasteiger partial charge is 0.231 e. The first-order chi connectivity index (χ1) is 9.76. The van der Waals surface area contributed by atoms with Crippen LogP contribution in [0.2, 0.25) is 0 Å². The van der Waals surface area contributed by atoms with Gasteiger partial charge < -0.3 is 19.1 Å². The SMILES string of the molecule is COc1ccc(N(C)Cc2ccc3c(c2)OCO3)cc1. The fraction of sp³-hybridized carbons (Fsp3) is 0.250. The van der Waals surface area contributed by atoms with Crippen molar-refractivity contribution in [2.45, 2.75) is 6.54 Å². The first kappa shape index (κ1) is 12.7. The monoisotopic (exact) mass is 271 g/mol. The van der Waals surface area contributed by atoms with E-state index in [-0.39, 0.29) is 0 Å². The molecule has 20 heavy (non-hydrogen) atoms. The quantitative estimate of drug-likeness (QED) is 0.855. The molecule has 0 spiro atoms. The second-order valence-corrected chi connectivity index (χ2v) is 4.74. The average molecular weight is 271 g/mol. The zero-order valence-electron chi connectivity index (χ0n) is 11.6. The summed E-state index contributed by atoms with van der Waals surface area (Å²) in [6.45, 7) is 1.12. The van der Waals surface area contributed by atoms with Gasteiger partial charge in [0.05, 0.1) is 7.11 Å². The van der Waals surface area contributed by atoms with Crippen LogP contribution in [-0.4, -0.2) is 21.0 Å². The highest BCUT2D eigenvalue weighted by atomic mass is 16.7. The molecule has 4 nitrogen and oxygen atoms in total. The van der Waals surface area contributed by atoms with Crippen LogP contribution in [0.1, 0.15) is 5.56 Å². The molecule has 104 valence electrons. The number of methoxy groups -OCH3 is 1. The second kappa shape index (κ2) is 5.33. The molecule has 0 amide bonds. The molecule has 3 rings (SSSR count). The van der Waals surface area contributed by atoms with E-state index in [1.807, 2.05) is 36.4 Å². The largest absolute Gasteiger partial charge is 0.497 e. The van der Waals surface area contributed by atoms with Crippen LogP contribution >= 0.6 is 0 Å². The lowest BCUT2D eigenvalue weighted by atomic mass is 10.2. The molecular weight excluding hydrogens is 254 g/mol. The number of rotatable bonds is 4. The molecule has 0 radical (unpaired) electrons. The van der Waals surface area contributed by atoms with Gasteiger partial charge in [0.15, 0.2) is 11.5 Å².